The van der Waals surface area contributed by atoms with Crippen molar-refractivity contribution in [2.45, 2.75) is 38.5 Å². The van der Waals surface area contributed by atoms with Gasteiger partial charge in [-0.25, -0.2) is 0 Å². The van der Waals surface area contributed by atoms with Crippen LogP contribution in [0.2, 0.25) is 0 Å². The largest absolute Gasteiger partial charge is 0.0619 e. The van der Waals surface area contributed by atoms with Crippen LogP contribution in [0.3, 0.4) is 0 Å². The van der Waals surface area contributed by atoms with Gasteiger partial charge >= 0.3 is 0 Å². The van der Waals surface area contributed by atoms with E-state index in [0.29, 0.717) is 0 Å². The highest BCUT2D eigenvalue weighted by atomic mass is 14.5. The summed E-state index contributed by atoms with van der Waals surface area (Å²) >= 11 is 0. The Morgan fingerprint density at radius 2 is 0.852 bits per heavy atom. The molecule has 0 spiro atoms. The molecular formula is C54H40. The van der Waals surface area contributed by atoms with Crippen LogP contribution in [0.5, 0.6) is 0 Å². The summed E-state index contributed by atoms with van der Waals surface area (Å²) in [5.41, 5.74) is 18.8. The molecule has 2 aliphatic carbocycles. The van der Waals surface area contributed by atoms with E-state index in [9.17, 15) is 0 Å². The minimum Gasteiger partial charge on any atom is -0.0619 e. The zero-order valence-electron chi connectivity index (χ0n) is 31.2. The van der Waals surface area contributed by atoms with E-state index in [1.54, 1.807) is 0 Å². The van der Waals surface area contributed by atoms with Gasteiger partial charge in [0.05, 0.1) is 0 Å². The van der Waals surface area contributed by atoms with Crippen LogP contribution in [-0.4, -0.2) is 0 Å². The van der Waals surface area contributed by atoms with Crippen LogP contribution in [0.4, 0.5) is 0 Å². The van der Waals surface area contributed by atoms with Crippen molar-refractivity contribution in [2.24, 2.45) is 0 Å². The van der Waals surface area contributed by atoms with Crippen molar-refractivity contribution >= 4 is 32.3 Å². The van der Waals surface area contributed by atoms with E-state index in [-0.39, 0.29) is 10.8 Å². The first kappa shape index (κ1) is 31.3. The van der Waals surface area contributed by atoms with Crippen molar-refractivity contribution in [1.29, 1.82) is 0 Å². The van der Waals surface area contributed by atoms with E-state index in [0.717, 1.165) is 0 Å². The Bertz CT molecular complexity index is 2990. The number of rotatable bonds is 3. The van der Waals surface area contributed by atoms with Crippen molar-refractivity contribution in [2.75, 3.05) is 0 Å². The first-order chi connectivity index (χ1) is 26.3. The Morgan fingerprint density at radius 1 is 0.296 bits per heavy atom. The average Bonchev–Trinajstić information content (AvgIpc) is 3.58. The van der Waals surface area contributed by atoms with Gasteiger partial charge in [0.2, 0.25) is 0 Å². The fraction of sp³-hybridized carbons (Fsp3) is 0.111. The third-order valence-corrected chi connectivity index (χ3v) is 12.8. The summed E-state index contributed by atoms with van der Waals surface area (Å²) in [4.78, 5) is 0. The number of benzene rings is 9. The van der Waals surface area contributed by atoms with Crippen molar-refractivity contribution in [3.8, 4) is 55.6 Å². The molecule has 0 saturated carbocycles. The highest BCUT2D eigenvalue weighted by Gasteiger charge is 2.44. The first-order valence-electron chi connectivity index (χ1n) is 19.3. The Labute approximate surface area is 317 Å². The van der Waals surface area contributed by atoms with E-state index in [1.807, 2.05) is 0 Å². The molecular weight excluding hydrogens is 649 g/mol. The van der Waals surface area contributed by atoms with Gasteiger partial charge in [0.25, 0.3) is 0 Å². The summed E-state index contributed by atoms with van der Waals surface area (Å²) in [5.74, 6) is 0. The molecule has 54 heavy (non-hydrogen) atoms. The first-order valence-corrected chi connectivity index (χ1v) is 19.3. The minimum absolute atomic E-state index is 0.0582. The Hall–Kier alpha value is -6.24. The normalized spacial score (nSPS) is 14.6. The third kappa shape index (κ3) is 4.26. The van der Waals surface area contributed by atoms with Gasteiger partial charge in [0, 0.05) is 10.8 Å². The van der Waals surface area contributed by atoms with Crippen LogP contribution in [0.1, 0.15) is 49.9 Å². The molecule has 0 heteroatoms. The van der Waals surface area contributed by atoms with Gasteiger partial charge in [-0.15, -0.1) is 0 Å². The summed E-state index contributed by atoms with van der Waals surface area (Å²) in [6, 6.07) is 63.8. The Kier molecular flexibility index (Phi) is 6.46. The van der Waals surface area contributed by atoms with Gasteiger partial charge in [-0.05, 0) is 128 Å². The zero-order valence-corrected chi connectivity index (χ0v) is 31.2. The molecule has 0 amide bonds. The lowest BCUT2D eigenvalue weighted by atomic mass is 9.77. The lowest BCUT2D eigenvalue weighted by Crippen LogP contribution is -2.18. The fourth-order valence-corrected chi connectivity index (χ4v) is 10.2. The molecule has 0 unspecified atom stereocenters. The van der Waals surface area contributed by atoms with Crippen molar-refractivity contribution in [3.05, 3.63) is 192 Å². The highest BCUT2D eigenvalue weighted by molar-refractivity contribution is 6.21. The molecule has 256 valence electrons. The lowest BCUT2D eigenvalue weighted by Gasteiger charge is -2.26. The Morgan fingerprint density at radius 3 is 1.57 bits per heavy atom. The van der Waals surface area contributed by atoms with Crippen molar-refractivity contribution < 1.29 is 0 Å². The number of hydrogen-bond donors (Lipinski definition) is 0. The maximum absolute atomic E-state index is 2.48. The van der Waals surface area contributed by atoms with E-state index in [2.05, 4.69) is 198 Å². The molecule has 0 atom stereocenters. The standard InChI is InChI=1S/C54H40/c1-53(2)47-29-28-44-39-18-11-12-23-46(39)54(3,4)52(44)51(47)45-27-26-36(32-48(45)53)35-16-13-17-37(31-35)49-40-19-7-9-21-42(40)50(43-22-10-8-20-41(43)49)38-25-24-33-14-5-6-15-34(33)30-38/h5-32H,1-4H3. The predicted molar refractivity (Wildman–Crippen MR) is 230 cm³/mol. The summed E-state index contributed by atoms with van der Waals surface area (Å²) < 4.78 is 0. The van der Waals surface area contributed by atoms with Crippen LogP contribution in [-0.2, 0) is 10.8 Å². The lowest BCUT2D eigenvalue weighted by molar-refractivity contribution is 0.647. The van der Waals surface area contributed by atoms with Crippen molar-refractivity contribution in [3.63, 3.8) is 0 Å². The van der Waals surface area contributed by atoms with E-state index < -0.39 is 0 Å². The second-order valence-electron chi connectivity index (χ2n) is 16.5. The van der Waals surface area contributed by atoms with Gasteiger partial charge in [0.1, 0.15) is 0 Å². The van der Waals surface area contributed by atoms with Gasteiger partial charge in [-0.3, -0.25) is 0 Å². The second kappa shape index (κ2) is 11.1. The maximum Gasteiger partial charge on any atom is 0.0165 e. The van der Waals surface area contributed by atoms with Gasteiger partial charge in [-0.1, -0.05) is 179 Å². The van der Waals surface area contributed by atoms with Gasteiger partial charge < -0.3 is 0 Å². The minimum atomic E-state index is -0.108. The molecule has 2 aliphatic rings. The molecule has 0 fully saturated rings. The predicted octanol–water partition coefficient (Wildman–Crippen LogP) is 14.8. The molecule has 0 nitrogen and oxygen atoms in total. The number of hydrogen-bond acceptors (Lipinski definition) is 0. The smallest absolute Gasteiger partial charge is 0.0165 e. The molecule has 9 aromatic carbocycles. The summed E-state index contributed by atoms with van der Waals surface area (Å²) in [6.45, 7) is 9.64. The maximum atomic E-state index is 2.48. The van der Waals surface area contributed by atoms with Crippen LogP contribution in [0.15, 0.2) is 170 Å². The van der Waals surface area contributed by atoms with Gasteiger partial charge in [0.15, 0.2) is 0 Å². The second-order valence-corrected chi connectivity index (χ2v) is 16.5. The SMILES string of the molecule is CC1(C)c2cc(-c3cccc(-c4c5ccccc5c(-c5ccc6ccccc6c5)c5ccccc45)c3)ccc2-c2c1ccc1c2C(C)(C)c2ccccc2-1. The third-order valence-electron chi connectivity index (χ3n) is 12.8. The molecule has 0 heterocycles. The monoisotopic (exact) mass is 688 g/mol. The molecule has 0 bridgehead atoms. The quantitative estimate of drug-likeness (QED) is 0.162. The molecule has 0 N–H and O–H groups in total. The van der Waals surface area contributed by atoms with E-state index >= 15 is 0 Å². The molecule has 0 aliphatic heterocycles. The Balaban J connectivity index is 1.08. The molecule has 9 aromatic rings. The zero-order chi connectivity index (χ0) is 36.3. The summed E-state index contributed by atoms with van der Waals surface area (Å²) in [6.07, 6.45) is 0. The average molecular weight is 689 g/mol. The highest BCUT2D eigenvalue weighted by Crippen LogP contribution is 2.59. The summed E-state index contributed by atoms with van der Waals surface area (Å²) in [5, 5.41) is 7.64. The molecule has 0 aromatic heterocycles. The van der Waals surface area contributed by atoms with E-state index in [1.165, 1.54) is 110 Å². The van der Waals surface area contributed by atoms with Crippen LogP contribution in [0.25, 0.3) is 88.0 Å². The van der Waals surface area contributed by atoms with Crippen LogP contribution in [0, 0.1) is 0 Å². The van der Waals surface area contributed by atoms with Crippen LogP contribution < -0.4 is 0 Å². The number of fused-ring (bicyclic) bond motifs is 10. The molecule has 0 saturated heterocycles. The van der Waals surface area contributed by atoms with Crippen molar-refractivity contribution in [1.82, 2.24) is 0 Å². The topological polar surface area (TPSA) is 0 Å². The van der Waals surface area contributed by atoms with Gasteiger partial charge in [-0.2, -0.15) is 0 Å². The van der Waals surface area contributed by atoms with Crippen LogP contribution >= 0.6 is 0 Å². The molecule has 0 radical (unpaired) electrons. The molecule has 11 rings (SSSR count). The fourth-order valence-electron chi connectivity index (χ4n) is 10.2. The van der Waals surface area contributed by atoms with E-state index in [4.69, 9.17) is 0 Å². The summed E-state index contributed by atoms with van der Waals surface area (Å²) in [7, 11) is 0.